The fraction of sp³-hybridized carbons (Fsp3) is 0.556. The molecule has 1 amide bonds. The van der Waals surface area contributed by atoms with Crippen LogP contribution in [0.1, 0.15) is 12.0 Å². The second-order valence-corrected chi connectivity index (χ2v) is 6.93. The predicted molar refractivity (Wildman–Crippen MR) is 93.3 cm³/mol. The number of aliphatic hydroxyl groups excluding tert-OH is 1. The average molecular weight is 344 g/mol. The molecule has 0 aromatic heterocycles. The van der Waals surface area contributed by atoms with Crippen molar-refractivity contribution in [3.05, 3.63) is 29.8 Å². The summed E-state index contributed by atoms with van der Waals surface area (Å²) in [6.07, 6.45) is -0.302. The fourth-order valence-electron chi connectivity index (χ4n) is 3.85. The molecule has 134 valence electrons. The summed E-state index contributed by atoms with van der Waals surface area (Å²) < 4.78 is 0. The van der Waals surface area contributed by atoms with Gasteiger partial charge in [-0.3, -0.25) is 0 Å². The van der Waals surface area contributed by atoms with Gasteiger partial charge in [0.25, 0.3) is 0 Å². The van der Waals surface area contributed by atoms with Crippen LogP contribution in [0.2, 0.25) is 0 Å². The number of nitriles is 1. The van der Waals surface area contributed by atoms with Crippen molar-refractivity contribution in [3.8, 4) is 6.07 Å². The largest absolute Gasteiger partial charge is 0.465 e. The van der Waals surface area contributed by atoms with Gasteiger partial charge in [-0.05, 0) is 37.2 Å². The summed E-state index contributed by atoms with van der Waals surface area (Å²) in [7, 11) is 0. The van der Waals surface area contributed by atoms with Gasteiger partial charge in [-0.25, -0.2) is 4.79 Å². The first-order chi connectivity index (χ1) is 12.1. The maximum atomic E-state index is 11.2. The normalized spacial score (nSPS) is 26.1. The Morgan fingerprint density at radius 3 is 2.40 bits per heavy atom. The van der Waals surface area contributed by atoms with E-state index in [4.69, 9.17) is 10.4 Å². The summed E-state index contributed by atoms with van der Waals surface area (Å²) in [5.74, 6) is 0.0187. The molecule has 2 aliphatic rings. The molecule has 0 spiro atoms. The molecule has 3 N–H and O–H groups in total. The summed E-state index contributed by atoms with van der Waals surface area (Å²) in [5, 5.41) is 31.6. The molecule has 2 atom stereocenters. The van der Waals surface area contributed by atoms with Gasteiger partial charge in [0.15, 0.2) is 0 Å². The van der Waals surface area contributed by atoms with Crippen LogP contribution >= 0.6 is 0 Å². The van der Waals surface area contributed by atoms with Crippen LogP contribution < -0.4 is 5.32 Å². The number of nitrogens with one attached hydrogen (secondary N) is 1. The zero-order valence-corrected chi connectivity index (χ0v) is 14.1. The van der Waals surface area contributed by atoms with E-state index in [0.29, 0.717) is 18.7 Å². The molecule has 2 aliphatic heterocycles. The van der Waals surface area contributed by atoms with Crippen molar-refractivity contribution in [2.24, 2.45) is 11.8 Å². The minimum Gasteiger partial charge on any atom is -0.465 e. The summed E-state index contributed by atoms with van der Waals surface area (Å²) >= 11 is 0. The first kappa shape index (κ1) is 17.5. The minimum absolute atomic E-state index is 0.00934. The van der Waals surface area contributed by atoms with Crippen LogP contribution in [0.4, 0.5) is 10.5 Å². The number of nitrogens with zero attached hydrogens (tertiary/aromatic N) is 3. The molecule has 1 aromatic rings. The Hall–Kier alpha value is -2.30. The number of fused-ring (bicyclic) bond motifs is 2. The predicted octanol–water partition coefficient (Wildman–Crippen LogP) is 1.26. The average Bonchev–Trinajstić information content (AvgIpc) is 2.59. The lowest BCUT2D eigenvalue weighted by molar-refractivity contribution is -0.0712. The molecule has 0 radical (unpaired) electrons. The van der Waals surface area contributed by atoms with E-state index in [0.717, 1.165) is 38.3 Å². The topological polar surface area (TPSA) is 99.8 Å². The lowest BCUT2D eigenvalue weighted by Crippen LogP contribution is -2.61. The van der Waals surface area contributed by atoms with Crippen molar-refractivity contribution in [2.45, 2.75) is 12.5 Å². The number of hydrogen-bond donors (Lipinski definition) is 3. The molecule has 7 nitrogen and oxygen atoms in total. The first-order valence-corrected chi connectivity index (χ1v) is 8.69. The number of amides is 1. The molecular weight excluding hydrogens is 320 g/mol. The third kappa shape index (κ3) is 4.21. The Labute approximate surface area is 147 Å². The minimum atomic E-state index is -0.887. The number of piperidine rings is 2. The van der Waals surface area contributed by atoms with Crippen molar-refractivity contribution < 1.29 is 15.0 Å². The Bertz CT molecular complexity index is 627. The van der Waals surface area contributed by atoms with E-state index in [9.17, 15) is 9.90 Å². The number of carbonyl (C=O) groups is 1. The smallest absolute Gasteiger partial charge is 0.407 e. The van der Waals surface area contributed by atoms with Gasteiger partial charge >= 0.3 is 6.09 Å². The van der Waals surface area contributed by atoms with E-state index < -0.39 is 6.09 Å². The number of benzene rings is 1. The summed E-state index contributed by atoms with van der Waals surface area (Å²) in [6.45, 7) is 4.11. The molecule has 3 rings (SSSR count). The van der Waals surface area contributed by atoms with Gasteiger partial charge < -0.3 is 25.3 Å². The van der Waals surface area contributed by atoms with Crippen LogP contribution in [-0.2, 0) is 0 Å². The Balaban J connectivity index is 1.42. The molecule has 0 aliphatic carbocycles. The third-order valence-corrected chi connectivity index (χ3v) is 5.13. The van der Waals surface area contributed by atoms with Crippen LogP contribution in [0.15, 0.2) is 24.3 Å². The Morgan fingerprint density at radius 2 is 1.84 bits per heavy atom. The van der Waals surface area contributed by atoms with Gasteiger partial charge in [-0.2, -0.15) is 5.26 Å². The molecule has 1 aromatic carbocycles. The fourth-order valence-corrected chi connectivity index (χ4v) is 3.85. The van der Waals surface area contributed by atoms with Crippen LogP contribution in [0.3, 0.4) is 0 Å². The summed E-state index contributed by atoms with van der Waals surface area (Å²) in [4.78, 5) is 14.9. The Kier molecular flexibility index (Phi) is 5.41. The van der Waals surface area contributed by atoms with Crippen molar-refractivity contribution in [2.75, 3.05) is 44.6 Å². The second-order valence-electron chi connectivity index (χ2n) is 6.93. The van der Waals surface area contributed by atoms with Gasteiger partial charge in [0.2, 0.25) is 0 Å². The van der Waals surface area contributed by atoms with Crippen LogP contribution in [-0.4, -0.2) is 71.5 Å². The van der Waals surface area contributed by atoms with E-state index in [2.05, 4.69) is 16.3 Å². The standard InChI is InChI=1S/C18H24N4O3/c19-8-13-2-4-16(5-3-13)20-6-1-7-21-9-14-11-22(18(24)25)12-15(10-21)17(14)23/h2-5,14-15,17,20,23H,1,6-7,9-12H2,(H,24,25). The Morgan fingerprint density at radius 1 is 1.20 bits per heavy atom. The number of anilines is 1. The van der Waals surface area contributed by atoms with Gasteiger partial charge in [0, 0.05) is 50.2 Å². The van der Waals surface area contributed by atoms with Gasteiger partial charge in [0.05, 0.1) is 17.7 Å². The maximum absolute atomic E-state index is 11.2. The quantitative estimate of drug-likeness (QED) is 0.696. The van der Waals surface area contributed by atoms with Crippen LogP contribution in [0.25, 0.3) is 0 Å². The number of carboxylic acid groups (broad SMARTS) is 1. The van der Waals surface area contributed by atoms with E-state index in [1.807, 2.05) is 12.1 Å². The van der Waals surface area contributed by atoms with Gasteiger partial charge in [0.1, 0.15) is 0 Å². The number of likely N-dealkylation sites (tertiary alicyclic amines) is 2. The van der Waals surface area contributed by atoms with E-state index in [1.165, 1.54) is 4.90 Å². The summed E-state index contributed by atoms with van der Waals surface area (Å²) in [6, 6.07) is 9.50. The first-order valence-electron chi connectivity index (χ1n) is 8.69. The molecular formula is C18H24N4O3. The molecule has 0 saturated carbocycles. The van der Waals surface area contributed by atoms with E-state index in [-0.39, 0.29) is 17.9 Å². The van der Waals surface area contributed by atoms with Crippen molar-refractivity contribution >= 4 is 11.8 Å². The maximum Gasteiger partial charge on any atom is 0.407 e. The number of hydrogen-bond acceptors (Lipinski definition) is 5. The molecule has 2 bridgehead atoms. The van der Waals surface area contributed by atoms with E-state index >= 15 is 0 Å². The number of rotatable bonds is 5. The highest BCUT2D eigenvalue weighted by Gasteiger charge is 2.42. The lowest BCUT2D eigenvalue weighted by Gasteiger charge is -2.48. The van der Waals surface area contributed by atoms with Crippen LogP contribution in [0, 0.1) is 23.2 Å². The highest BCUT2D eigenvalue weighted by Crippen LogP contribution is 2.29. The second kappa shape index (κ2) is 7.72. The van der Waals surface area contributed by atoms with Crippen molar-refractivity contribution in [3.63, 3.8) is 0 Å². The molecule has 2 fully saturated rings. The van der Waals surface area contributed by atoms with Crippen LogP contribution in [0.5, 0.6) is 0 Å². The zero-order valence-electron chi connectivity index (χ0n) is 14.1. The summed E-state index contributed by atoms with van der Waals surface area (Å²) in [5.41, 5.74) is 1.65. The van der Waals surface area contributed by atoms with Gasteiger partial charge in [-0.15, -0.1) is 0 Å². The third-order valence-electron chi connectivity index (χ3n) is 5.13. The molecule has 2 saturated heterocycles. The zero-order chi connectivity index (χ0) is 17.8. The monoisotopic (exact) mass is 344 g/mol. The molecule has 25 heavy (non-hydrogen) atoms. The molecule has 2 unspecified atom stereocenters. The SMILES string of the molecule is N#Cc1ccc(NCCCN2CC3CN(C(=O)O)CC(C2)C3O)cc1. The lowest BCUT2D eigenvalue weighted by atomic mass is 9.81. The molecule has 7 heteroatoms. The highest BCUT2D eigenvalue weighted by atomic mass is 16.4. The number of aliphatic hydroxyl groups is 1. The van der Waals surface area contributed by atoms with Crippen molar-refractivity contribution in [1.29, 1.82) is 5.26 Å². The van der Waals surface area contributed by atoms with E-state index in [1.54, 1.807) is 12.1 Å². The van der Waals surface area contributed by atoms with Crippen molar-refractivity contribution in [1.82, 2.24) is 9.80 Å². The molecule has 2 heterocycles. The highest BCUT2D eigenvalue weighted by molar-refractivity contribution is 5.65. The van der Waals surface area contributed by atoms with Gasteiger partial charge in [-0.1, -0.05) is 0 Å².